The van der Waals surface area contributed by atoms with E-state index in [1.165, 1.54) is 7.11 Å². The van der Waals surface area contributed by atoms with Gasteiger partial charge in [-0.3, -0.25) is 0 Å². The molecule has 0 aromatic carbocycles. The molecule has 3 heteroatoms. The molecule has 2 nitrogen and oxygen atoms in total. The number of ether oxygens (including phenoxy) is 1. The normalized spacial score (nSPS) is 34.6. The van der Waals surface area contributed by atoms with Crippen molar-refractivity contribution >= 4 is 24.3 Å². The van der Waals surface area contributed by atoms with Crippen LogP contribution in [-0.2, 0) is 9.53 Å². The molecular formula is C9H18O2Sn. The van der Waals surface area contributed by atoms with Crippen molar-refractivity contribution in [2.75, 3.05) is 7.11 Å². The zero-order chi connectivity index (χ0) is 9.57. The second-order valence-corrected chi connectivity index (χ2v) is 20.5. The van der Waals surface area contributed by atoms with Crippen molar-refractivity contribution in [3.8, 4) is 0 Å². The quantitative estimate of drug-likeness (QED) is 0.571. The predicted molar refractivity (Wildman–Crippen MR) is 51.8 cm³/mol. The molecule has 0 aliphatic heterocycles. The first kappa shape index (κ1) is 10.4. The zero-order valence-electron chi connectivity index (χ0n) is 8.60. The molecule has 0 radical (unpaired) electrons. The Morgan fingerprint density at radius 2 is 2.00 bits per heavy atom. The Kier molecular flexibility index (Phi) is 2.49. The summed E-state index contributed by atoms with van der Waals surface area (Å²) in [5.74, 6) is -0.000810. The number of carbonyl (C=O) groups is 1. The van der Waals surface area contributed by atoms with Gasteiger partial charge < -0.3 is 0 Å². The molecule has 0 heterocycles. The molecule has 0 bridgehead atoms. The third-order valence-corrected chi connectivity index (χ3v) is 11.3. The van der Waals surface area contributed by atoms with Crippen molar-refractivity contribution in [1.82, 2.24) is 0 Å². The van der Waals surface area contributed by atoms with E-state index in [1.807, 2.05) is 6.92 Å². The van der Waals surface area contributed by atoms with Gasteiger partial charge in [0.05, 0.1) is 0 Å². The van der Waals surface area contributed by atoms with E-state index < -0.39 is 18.4 Å². The number of hydrogen-bond donors (Lipinski definition) is 0. The van der Waals surface area contributed by atoms with Crippen LogP contribution in [-0.4, -0.2) is 31.5 Å². The first-order valence-corrected chi connectivity index (χ1v) is 14.6. The van der Waals surface area contributed by atoms with Crippen LogP contribution in [0.2, 0.25) is 18.8 Å². The van der Waals surface area contributed by atoms with Crippen molar-refractivity contribution in [3.05, 3.63) is 0 Å². The molecule has 0 spiro atoms. The van der Waals surface area contributed by atoms with Gasteiger partial charge in [0.15, 0.2) is 0 Å². The number of esters is 1. The summed E-state index contributed by atoms with van der Waals surface area (Å²) >= 11 is -1.84. The fourth-order valence-electron chi connectivity index (χ4n) is 2.09. The second kappa shape index (κ2) is 2.89. The summed E-state index contributed by atoms with van der Waals surface area (Å²) in [7, 11) is 1.49. The van der Waals surface area contributed by atoms with Gasteiger partial charge in [-0.2, -0.15) is 0 Å². The molecule has 1 aliphatic carbocycles. The first-order valence-electron chi connectivity index (χ1n) is 4.41. The molecule has 12 heavy (non-hydrogen) atoms. The Labute approximate surface area is 78.5 Å². The summed E-state index contributed by atoms with van der Waals surface area (Å²) in [6.45, 7) is 2.05. The Hall–Kier alpha value is 0.269. The Bertz CT molecular complexity index is 207. The van der Waals surface area contributed by atoms with Crippen molar-refractivity contribution in [3.63, 3.8) is 0 Å². The van der Waals surface area contributed by atoms with Crippen LogP contribution < -0.4 is 0 Å². The summed E-state index contributed by atoms with van der Waals surface area (Å²) in [5, 5.41) is 0. The average molecular weight is 277 g/mol. The van der Waals surface area contributed by atoms with Crippen LogP contribution in [0.15, 0.2) is 0 Å². The third-order valence-electron chi connectivity index (χ3n) is 2.93. The van der Waals surface area contributed by atoms with E-state index in [0.29, 0.717) is 3.93 Å². The summed E-state index contributed by atoms with van der Waals surface area (Å²) in [6.07, 6.45) is 1.07. The molecule has 1 rings (SSSR count). The number of methoxy groups -OCH3 is 1. The molecule has 0 amide bonds. The summed E-state index contributed by atoms with van der Waals surface area (Å²) in [4.78, 5) is 18.5. The monoisotopic (exact) mass is 278 g/mol. The molecule has 0 aromatic heterocycles. The van der Waals surface area contributed by atoms with Gasteiger partial charge >= 0.3 is 78.5 Å². The predicted octanol–water partition coefficient (Wildman–Crippen LogP) is 2.28. The molecule has 0 unspecified atom stereocenters. The summed E-state index contributed by atoms with van der Waals surface area (Å²) < 4.78 is 5.49. The molecule has 70 valence electrons. The van der Waals surface area contributed by atoms with Crippen LogP contribution in [0.1, 0.15) is 13.3 Å². The minimum atomic E-state index is -1.84. The van der Waals surface area contributed by atoms with Crippen molar-refractivity contribution in [1.29, 1.82) is 0 Å². The Morgan fingerprint density at radius 3 is 2.25 bits per heavy atom. The fraction of sp³-hybridized carbons (Fsp3) is 0.889. The molecule has 0 aromatic rings. The maximum atomic E-state index is 11.4. The molecule has 2 atom stereocenters. The van der Waals surface area contributed by atoms with Gasteiger partial charge in [0.1, 0.15) is 0 Å². The van der Waals surface area contributed by atoms with Gasteiger partial charge in [0, 0.05) is 0 Å². The van der Waals surface area contributed by atoms with Gasteiger partial charge in [0.25, 0.3) is 0 Å². The van der Waals surface area contributed by atoms with Crippen LogP contribution >= 0.6 is 0 Å². The van der Waals surface area contributed by atoms with E-state index >= 15 is 0 Å². The van der Waals surface area contributed by atoms with Crippen molar-refractivity contribution in [2.24, 2.45) is 5.41 Å². The van der Waals surface area contributed by atoms with Gasteiger partial charge in [0.2, 0.25) is 0 Å². The van der Waals surface area contributed by atoms with Gasteiger partial charge in [-0.15, -0.1) is 0 Å². The van der Waals surface area contributed by atoms with E-state index in [2.05, 4.69) is 14.8 Å². The third kappa shape index (κ3) is 1.63. The first-order chi connectivity index (χ1) is 5.32. The van der Waals surface area contributed by atoms with Crippen LogP contribution in [0.5, 0.6) is 0 Å². The van der Waals surface area contributed by atoms with E-state index in [-0.39, 0.29) is 11.4 Å². The summed E-state index contributed by atoms with van der Waals surface area (Å²) in [5.41, 5.74) is -0.108. The van der Waals surface area contributed by atoms with E-state index in [1.54, 1.807) is 0 Å². The van der Waals surface area contributed by atoms with Gasteiger partial charge in [-0.05, 0) is 0 Å². The Balaban J connectivity index is 2.66. The SMILES string of the molecule is COC(=O)[C@@]1(C)C[C@@H]1[Sn]([CH3])([CH3])[CH3]. The molecule has 1 aliphatic rings. The van der Waals surface area contributed by atoms with Gasteiger partial charge in [-0.1, -0.05) is 0 Å². The van der Waals surface area contributed by atoms with E-state index in [9.17, 15) is 4.79 Å². The molecule has 1 saturated carbocycles. The molecule has 0 saturated heterocycles. The second-order valence-electron chi connectivity index (χ2n) is 5.03. The van der Waals surface area contributed by atoms with Crippen molar-refractivity contribution in [2.45, 2.75) is 32.1 Å². The molecule has 1 fully saturated rings. The zero-order valence-corrected chi connectivity index (χ0v) is 11.5. The summed E-state index contributed by atoms with van der Waals surface area (Å²) in [6, 6.07) is 0. The standard InChI is InChI=1S/C6H9O2.3CH3.Sn/c1-6(3-4-6)5(7)8-2;;;;/h3H,4H2,1-2H3;3*1H3;/t6-;;;;/m1..../s1. The van der Waals surface area contributed by atoms with Crippen molar-refractivity contribution < 1.29 is 9.53 Å². The maximum absolute atomic E-state index is 11.4. The van der Waals surface area contributed by atoms with Crippen LogP contribution in [0.3, 0.4) is 0 Å². The topological polar surface area (TPSA) is 26.3 Å². The number of rotatable bonds is 2. The average Bonchev–Trinajstić information content (AvgIpc) is 2.61. The van der Waals surface area contributed by atoms with E-state index in [0.717, 1.165) is 6.42 Å². The van der Waals surface area contributed by atoms with Crippen LogP contribution in [0.25, 0.3) is 0 Å². The number of carbonyl (C=O) groups excluding carboxylic acids is 1. The van der Waals surface area contributed by atoms with Crippen LogP contribution in [0.4, 0.5) is 0 Å². The van der Waals surface area contributed by atoms with Crippen LogP contribution in [0, 0.1) is 5.41 Å². The fourth-order valence-corrected chi connectivity index (χ4v) is 10.8. The number of hydrogen-bond acceptors (Lipinski definition) is 2. The Morgan fingerprint density at radius 1 is 1.50 bits per heavy atom. The van der Waals surface area contributed by atoms with E-state index in [4.69, 9.17) is 4.74 Å². The minimum absolute atomic E-state index is 0.000810. The van der Waals surface area contributed by atoms with Gasteiger partial charge in [-0.25, -0.2) is 0 Å². The molecule has 0 N–H and O–H groups in total. The molecular weight excluding hydrogens is 259 g/mol.